The van der Waals surface area contributed by atoms with Gasteiger partial charge in [-0.25, -0.2) is 0 Å². The Labute approximate surface area is 117 Å². The number of hydrogen-bond donors (Lipinski definition) is 0. The van der Waals surface area contributed by atoms with E-state index in [-0.39, 0.29) is 11.8 Å². The Kier molecular flexibility index (Phi) is 3.29. The number of carbonyl (C=O) groups is 2. The number of hydrogen-bond acceptors (Lipinski definition) is 3. The summed E-state index contributed by atoms with van der Waals surface area (Å²) in [6.07, 6.45) is 4.38. The van der Waals surface area contributed by atoms with Crippen LogP contribution in [0.15, 0.2) is 48.8 Å². The van der Waals surface area contributed by atoms with Crippen molar-refractivity contribution in [3.63, 3.8) is 0 Å². The summed E-state index contributed by atoms with van der Waals surface area (Å²) in [6, 6.07) is 11.1. The highest BCUT2D eigenvalue weighted by atomic mass is 16.2. The van der Waals surface area contributed by atoms with Crippen LogP contribution in [0.2, 0.25) is 0 Å². The maximum absolute atomic E-state index is 12.3. The van der Waals surface area contributed by atoms with Crippen LogP contribution < -0.4 is 0 Å². The van der Waals surface area contributed by atoms with Gasteiger partial charge in [-0.3, -0.25) is 19.5 Å². The van der Waals surface area contributed by atoms with E-state index in [1.807, 2.05) is 30.3 Å². The van der Waals surface area contributed by atoms with E-state index in [1.165, 1.54) is 4.90 Å². The van der Waals surface area contributed by atoms with Gasteiger partial charge in [0.15, 0.2) is 0 Å². The predicted octanol–water partition coefficient (Wildman–Crippen LogP) is 1.85. The lowest BCUT2D eigenvalue weighted by Gasteiger charge is -2.26. The maximum atomic E-state index is 12.3. The standard InChI is InChI=1S/C16H14N2O2/c19-15-11-13-3-1-2-4-14(13)16(20)18(15)10-7-12-5-8-17-9-6-12/h1-6,8-9H,7,10-11H2. The fourth-order valence-corrected chi connectivity index (χ4v) is 2.42. The van der Waals surface area contributed by atoms with Gasteiger partial charge in [-0.1, -0.05) is 18.2 Å². The number of pyridine rings is 1. The zero-order valence-electron chi connectivity index (χ0n) is 11.0. The van der Waals surface area contributed by atoms with Gasteiger partial charge in [0.2, 0.25) is 5.91 Å². The maximum Gasteiger partial charge on any atom is 0.260 e. The second kappa shape index (κ2) is 5.25. The lowest BCUT2D eigenvalue weighted by atomic mass is 9.98. The molecule has 100 valence electrons. The summed E-state index contributed by atoms with van der Waals surface area (Å²) in [5, 5.41) is 0. The fourth-order valence-electron chi connectivity index (χ4n) is 2.42. The first-order valence-electron chi connectivity index (χ1n) is 6.57. The summed E-state index contributed by atoms with van der Waals surface area (Å²) in [7, 11) is 0. The van der Waals surface area contributed by atoms with Crippen molar-refractivity contribution in [3.8, 4) is 0 Å². The molecule has 0 saturated heterocycles. The molecule has 0 unspecified atom stereocenters. The molecule has 1 aromatic heterocycles. The van der Waals surface area contributed by atoms with Crippen LogP contribution in [-0.4, -0.2) is 28.2 Å². The van der Waals surface area contributed by atoms with Gasteiger partial charge >= 0.3 is 0 Å². The lowest BCUT2D eigenvalue weighted by Crippen LogP contribution is -2.43. The Morgan fingerprint density at radius 2 is 1.80 bits per heavy atom. The zero-order chi connectivity index (χ0) is 13.9. The minimum atomic E-state index is -0.189. The second-order valence-electron chi connectivity index (χ2n) is 4.79. The van der Waals surface area contributed by atoms with E-state index in [2.05, 4.69) is 4.98 Å². The topological polar surface area (TPSA) is 50.3 Å². The smallest absolute Gasteiger partial charge is 0.260 e. The molecule has 1 aromatic carbocycles. The van der Waals surface area contributed by atoms with Crippen LogP contribution in [0.5, 0.6) is 0 Å². The van der Waals surface area contributed by atoms with Gasteiger partial charge in [-0.2, -0.15) is 0 Å². The summed E-state index contributed by atoms with van der Waals surface area (Å²) in [6.45, 7) is 0.413. The third-order valence-corrected chi connectivity index (χ3v) is 3.51. The molecule has 1 aliphatic rings. The molecular weight excluding hydrogens is 252 g/mol. The monoisotopic (exact) mass is 266 g/mol. The lowest BCUT2D eigenvalue weighted by molar-refractivity contribution is -0.128. The van der Waals surface area contributed by atoms with E-state index in [0.29, 0.717) is 24.9 Å². The molecule has 0 saturated carbocycles. The molecule has 0 radical (unpaired) electrons. The van der Waals surface area contributed by atoms with Crippen molar-refractivity contribution in [1.29, 1.82) is 0 Å². The van der Waals surface area contributed by atoms with Crippen LogP contribution in [0.4, 0.5) is 0 Å². The summed E-state index contributed by atoms with van der Waals surface area (Å²) >= 11 is 0. The van der Waals surface area contributed by atoms with Gasteiger partial charge in [-0.15, -0.1) is 0 Å². The van der Waals surface area contributed by atoms with E-state index in [4.69, 9.17) is 0 Å². The molecule has 4 heteroatoms. The van der Waals surface area contributed by atoms with Crippen molar-refractivity contribution < 1.29 is 9.59 Å². The highest BCUT2D eigenvalue weighted by molar-refractivity contribution is 6.09. The van der Waals surface area contributed by atoms with E-state index < -0.39 is 0 Å². The van der Waals surface area contributed by atoms with Gasteiger partial charge in [0, 0.05) is 24.5 Å². The Hall–Kier alpha value is -2.49. The Morgan fingerprint density at radius 3 is 2.60 bits per heavy atom. The molecule has 1 aliphatic heterocycles. The van der Waals surface area contributed by atoms with E-state index in [9.17, 15) is 9.59 Å². The van der Waals surface area contributed by atoms with Gasteiger partial charge in [0.05, 0.1) is 6.42 Å². The van der Waals surface area contributed by atoms with Crippen molar-refractivity contribution in [1.82, 2.24) is 9.88 Å². The summed E-state index contributed by atoms with van der Waals surface area (Å²) < 4.78 is 0. The first-order chi connectivity index (χ1) is 9.75. The van der Waals surface area contributed by atoms with Gasteiger partial charge in [-0.05, 0) is 35.7 Å². The molecule has 4 nitrogen and oxygen atoms in total. The fraction of sp³-hybridized carbons (Fsp3) is 0.188. The summed E-state index contributed by atoms with van der Waals surface area (Å²) in [5.41, 5.74) is 2.53. The van der Waals surface area contributed by atoms with Crippen LogP contribution in [0.3, 0.4) is 0 Å². The number of carbonyl (C=O) groups excluding carboxylic acids is 2. The Bertz CT molecular complexity index is 653. The SMILES string of the molecule is O=C1Cc2ccccc2C(=O)N1CCc1ccncc1. The normalized spacial score (nSPS) is 14.3. The van der Waals surface area contributed by atoms with Crippen molar-refractivity contribution in [2.75, 3.05) is 6.54 Å². The molecule has 0 bridgehead atoms. The van der Waals surface area contributed by atoms with Gasteiger partial charge in [0.1, 0.15) is 0 Å². The second-order valence-corrected chi connectivity index (χ2v) is 4.79. The molecule has 0 aliphatic carbocycles. The predicted molar refractivity (Wildman–Crippen MR) is 74.1 cm³/mol. The largest absolute Gasteiger partial charge is 0.278 e. The highest BCUT2D eigenvalue weighted by Gasteiger charge is 2.29. The number of fused-ring (bicyclic) bond motifs is 1. The number of aromatic nitrogens is 1. The average molecular weight is 266 g/mol. The number of amides is 2. The van der Waals surface area contributed by atoms with Crippen LogP contribution in [0.1, 0.15) is 21.5 Å². The third kappa shape index (κ3) is 2.32. The van der Waals surface area contributed by atoms with Crippen LogP contribution >= 0.6 is 0 Å². The van der Waals surface area contributed by atoms with Gasteiger partial charge < -0.3 is 0 Å². The molecule has 20 heavy (non-hydrogen) atoms. The number of imide groups is 1. The molecule has 2 amide bonds. The number of rotatable bonds is 3. The molecular formula is C16H14N2O2. The van der Waals surface area contributed by atoms with E-state index in [1.54, 1.807) is 18.5 Å². The zero-order valence-corrected chi connectivity index (χ0v) is 11.0. The Morgan fingerprint density at radius 1 is 1.05 bits per heavy atom. The van der Waals surface area contributed by atoms with Crippen LogP contribution in [0.25, 0.3) is 0 Å². The molecule has 0 atom stereocenters. The van der Waals surface area contributed by atoms with Crippen LogP contribution in [0, 0.1) is 0 Å². The summed E-state index contributed by atoms with van der Waals surface area (Å²) in [5.74, 6) is -0.311. The summed E-state index contributed by atoms with van der Waals surface area (Å²) in [4.78, 5) is 29.7. The average Bonchev–Trinajstić information content (AvgIpc) is 2.48. The highest BCUT2D eigenvalue weighted by Crippen LogP contribution is 2.19. The van der Waals surface area contributed by atoms with Crippen molar-refractivity contribution in [2.45, 2.75) is 12.8 Å². The Balaban J connectivity index is 1.78. The van der Waals surface area contributed by atoms with E-state index >= 15 is 0 Å². The minimum Gasteiger partial charge on any atom is -0.278 e. The quantitative estimate of drug-likeness (QED) is 0.797. The van der Waals surface area contributed by atoms with Crippen molar-refractivity contribution in [2.24, 2.45) is 0 Å². The first-order valence-corrected chi connectivity index (χ1v) is 6.57. The molecule has 2 aromatic rings. The third-order valence-electron chi connectivity index (χ3n) is 3.51. The number of nitrogens with zero attached hydrogens (tertiary/aromatic N) is 2. The molecule has 2 heterocycles. The van der Waals surface area contributed by atoms with E-state index in [0.717, 1.165) is 11.1 Å². The molecule has 3 rings (SSSR count). The van der Waals surface area contributed by atoms with Crippen LogP contribution in [-0.2, 0) is 17.6 Å². The van der Waals surface area contributed by atoms with Crippen molar-refractivity contribution >= 4 is 11.8 Å². The number of benzene rings is 1. The molecule has 0 spiro atoms. The minimum absolute atomic E-state index is 0.122. The van der Waals surface area contributed by atoms with Crippen molar-refractivity contribution in [3.05, 3.63) is 65.5 Å². The van der Waals surface area contributed by atoms with Gasteiger partial charge in [0.25, 0.3) is 5.91 Å². The first kappa shape index (κ1) is 12.5. The molecule has 0 N–H and O–H groups in total. The molecule has 0 fully saturated rings.